The van der Waals surface area contributed by atoms with Crippen molar-refractivity contribution in [2.75, 3.05) is 0 Å². The van der Waals surface area contributed by atoms with Crippen molar-refractivity contribution in [3.63, 3.8) is 0 Å². The molecule has 0 saturated heterocycles. The number of fused-ring (bicyclic) bond motifs is 4. The second-order valence-corrected chi connectivity index (χ2v) is 11.8. The molecule has 0 bridgehead atoms. The third kappa shape index (κ3) is 3.14. The van der Waals surface area contributed by atoms with Crippen LogP contribution >= 0.6 is 0 Å². The number of rotatable bonds is 2. The average molecular weight is 511 g/mol. The fourth-order valence-electron chi connectivity index (χ4n) is 7.31. The summed E-state index contributed by atoms with van der Waals surface area (Å²) < 4.78 is 0. The van der Waals surface area contributed by atoms with E-state index in [-0.39, 0.29) is 5.41 Å². The molecule has 8 rings (SSSR count). The van der Waals surface area contributed by atoms with Gasteiger partial charge in [0.15, 0.2) is 0 Å². The van der Waals surface area contributed by atoms with Crippen LogP contribution in [-0.2, 0) is 5.41 Å². The molecule has 1 aliphatic carbocycles. The lowest BCUT2D eigenvalue weighted by Crippen LogP contribution is -2.23. The summed E-state index contributed by atoms with van der Waals surface area (Å²) in [6, 6.07) is 47.5. The van der Waals surface area contributed by atoms with Gasteiger partial charge in [-0.2, -0.15) is 0 Å². The summed E-state index contributed by atoms with van der Waals surface area (Å²) in [4.78, 5) is 0. The maximum absolute atomic E-state index is 2.37. The minimum Gasteiger partial charge on any atom is -0.0619 e. The standard InChI is InChI=1S/C40H30/c1-25-12-10-13-26(24-25)37-28-15-4-6-17-30(28)38(31-18-7-5-16-29(31)37)34-23-22-33-27-14-8-9-20-35(27)40(2,3)36-21-11-19-32(34)39(33)36/h4-24H,1-3H3. The molecule has 0 heteroatoms. The van der Waals surface area contributed by atoms with Gasteiger partial charge in [-0.3, -0.25) is 0 Å². The van der Waals surface area contributed by atoms with E-state index in [1.54, 1.807) is 0 Å². The van der Waals surface area contributed by atoms with Crippen LogP contribution in [0.15, 0.2) is 127 Å². The SMILES string of the molecule is Cc1cccc(-c2c3ccccc3c(-c3ccc4c5c(cccc35)C(C)(C)c3ccccc3-4)c3ccccc23)c1. The second kappa shape index (κ2) is 8.41. The smallest absolute Gasteiger partial charge is 0.0159 e. The van der Waals surface area contributed by atoms with Gasteiger partial charge in [-0.05, 0) is 83.7 Å². The molecule has 40 heavy (non-hydrogen) atoms. The molecule has 0 unspecified atom stereocenters. The Bertz CT molecular complexity index is 2080. The third-order valence-corrected chi connectivity index (χ3v) is 9.11. The lowest BCUT2D eigenvalue weighted by atomic mass is 9.68. The predicted octanol–water partition coefficient (Wildman–Crippen LogP) is 11.1. The highest BCUT2D eigenvalue weighted by atomic mass is 14.4. The first-order valence-corrected chi connectivity index (χ1v) is 14.2. The number of hydrogen-bond donors (Lipinski definition) is 0. The van der Waals surface area contributed by atoms with Crippen molar-refractivity contribution in [3.05, 3.63) is 144 Å². The van der Waals surface area contributed by atoms with Gasteiger partial charge in [0.25, 0.3) is 0 Å². The van der Waals surface area contributed by atoms with Crippen molar-refractivity contribution < 1.29 is 0 Å². The zero-order chi connectivity index (χ0) is 27.0. The Morgan fingerprint density at radius 2 is 0.975 bits per heavy atom. The maximum atomic E-state index is 2.37. The Kier molecular flexibility index (Phi) is 4.88. The molecular weight excluding hydrogens is 480 g/mol. The van der Waals surface area contributed by atoms with Crippen molar-refractivity contribution in [2.45, 2.75) is 26.2 Å². The highest BCUT2D eigenvalue weighted by molar-refractivity contribution is 6.24. The molecule has 0 atom stereocenters. The summed E-state index contributed by atoms with van der Waals surface area (Å²) >= 11 is 0. The topological polar surface area (TPSA) is 0 Å². The van der Waals surface area contributed by atoms with Gasteiger partial charge in [0.1, 0.15) is 0 Å². The van der Waals surface area contributed by atoms with E-state index < -0.39 is 0 Å². The van der Waals surface area contributed by atoms with Gasteiger partial charge in [-0.15, -0.1) is 0 Å². The third-order valence-electron chi connectivity index (χ3n) is 9.11. The van der Waals surface area contributed by atoms with Gasteiger partial charge >= 0.3 is 0 Å². The van der Waals surface area contributed by atoms with Gasteiger partial charge in [-0.1, -0.05) is 147 Å². The summed E-state index contributed by atoms with van der Waals surface area (Å²) in [7, 11) is 0. The first kappa shape index (κ1) is 23.2. The summed E-state index contributed by atoms with van der Waals surface area (Å²) in [5.41, 5.74) is 11.9. The molecule has 7 aromatic rings. The molecule has 190 valence electrons. The molecule has 0 spiro atoms. The van der Waals surface area contributed by atoms with Crippen molar-refractivity contribution in [2.24, 2.45) is 0 Å². The highest BCUT2D eigenvalue weighted by Gasteiger charge is 2.33. The highest BCUT2D eigenvalue weighted by Crippen LogP contribution is 2.52. The van der Waals surface area contributed by atoms with E-state index in [0.29, 0.717) is 0 Å². The minimum atomic E-state index is -0.0686. The van der Waals surface area contributed by atoms with Gasteiger partial charge in [0.05, 0.1) is 0 Å². The largest absolute Gasteiger partial charge is 0.0619 e. The normalized spacial score (nSPS) is 13.6. The van der Waals surface area contributed by atoms with E-state index in [2.05, 4.69) is 148 Å². The van der Waals surface area contributed by atoms with Crippen LogP contribution in [0.25, 0.3) is 65.7 Å². The fourth-order valence-corrected chi connectivity index (χ4v) is 7.31. The summed E-state index contributed by atoms with van der Waals surface area (Å²) in [5.74, 6) is 0. The van der Waals surface area contributed by atoms with Crippen LogP contribution in [0.3, 0.4) is 0 Å². The molecule has 0 N–H and O–H groups in total. The minimum absolute atomic E-state index is 0.0686. The van der Waals surface area contributed by atoms with Crippen molar-refractivity contribution >= 4 is 32.3 Å². The first-order chi connectivity index (χ1) is 19.5. The molecule has 0 saturated carbocycles. The molecule has 7 aromatic carbocycles. The van der Waals surface area contributed by atoms with Crippen LogP contribution < -0.4 is 0 Å². The van der Waals surface area contributed by atoms with Crippen LogP contribution in [0, 0.1) is 6.92 Å². The lowest BCUT2D eigenvalue weighted by Gasteiger charge is -2.35. The summed E-state index contributed by atoms with van der Waals surface area (Å²) in [6.07, 6.45) is 0. The molecule has 0 amide bonds. The van der Waals surface area contributed by atoms with Crippen LogP contribution in [0.4, 0.5) is 0 Å². The van der Waals surface area contributed by atoms with E-state index >= 15 is 0 Å². The summed E-state index contributed by atoms with van der Waals surface area (Å²) in [5, 5.41) is 7.92. The Morgan fingerprint density at radius 1 is 0.425 bits per heavy atom. The molecular formula is C40H30. The van der Waals surface area contributed by atoms with Gasteiger partial charge in [0.2, 0.25) is 0 Å². The molecule has 1 aliphatic rings. The Balaban J connectivity index is 1.54. The predicted molar refractivity (Wildman–Crippen MR) is 172 cm³/mol. The quantitative estimate of drug-likeness (QED) is 0.203. The van der Waals surface area contributed by atoms with Crippen LogP contribution in [0.5, 0.6) is 0 Å². The molecule has 0 fully saturated rings. The number of aryl methyl sites for hydroxylation is 1. The molecule has 0 radical (unpaired) electrons. The van der Waals surface area contributed by atoms with Crippen molar-refractivity contribution in [1.82, 2.24) is 0 Å². The van der Waals surface area contributed by atoms with Gasteiger partial charge in [-0.25, -0.2) is 0 Å². The average Bonchev–Trinajstić information content (AvgIpc) is 2.98. The van der Waals surface area contributed by atoms with E-state index in [0.717, 1.165) is 0 Å². The molecule has 0 nitrogen and oxygen atoms in total. The fraction of sp³-hybridized carbons (Fsp3) is 0.100. The van der Waals surface area contributed by atoms with E-state index in [1.807, 2.05) is 0 Å². The molecule has 0 aromatic heterocycles. The van der Waals surface area contributed by atoms with Gasteiger partial charge in [0, 0.05) is 5.41 Å². The summed E-state index contributed by atoms with van der Waals surface area (Å²) in [6.45, 7) is 6.92. The number of benzene rings is 7. The first-order valence-electron chi connectivity index (χ1n) is 14.2. The molecule has 0 heterocycles. The Labute approximate surface area is 235 Å². The zero-order valence-electron chi connectivity index (χ0n) is 23.1. The van der Waals surface area contributed by atoms with Crippen molar-refractivity contribution in [3.8, 4) is 33.4 Å². The van der Waals surface area contributed by atoms with Crippen LogP contribution in [-0.4, -0.2) is 0 Å². The van der Waals surface area contributed by atoms with Gasteiger partial charge < -0.3 is 0 Å². The van der Waals surface area contributed by atoms with E-state index in [1.165, 1.54) is 82.4 Å². The Hall–Kier alpha value is -4.68. The molecule has 0 aliphatic heterocycles. The maximum Gasteiger partial charge on any atom is 0.0159 e. The monoisotopic (exact) mass is 510 g/mol. The van der Waals surface area contributed by atoms with E-state index in [4.69, 9.17) is 0 Å². The van der Waals surface area contributed by atoms with Crippen LogP contribution in [0.2, 0.25) is 0 Å². The van der Waals surface area contributed by atoms with E-state index in [9.17, 15) is 0 Å². The Morgan fingerprint density at radius 3 is 1.68 bits per heavy atom. The van der Waals surface area contributed by atoms with Crippen molar-refractivity contribution in [1.29, 1.82) is 0 Å². The zero-order valence-corrected chi connectivity index (χ0v) is 23.1. The number of hydrogen-bond acceptors (Lipinski definition) is 0. The second-order valence-electron chi connectivity index (χ2n) is 11.8. The van der Waals surface area contributed by atoms with Crippen LogP contribution in [0.1, 0.15) is 30.5 Å². The lowest BCUT2D eigenvalue weighted by molar-refractivity contribution is 0.645.